The summed E-state index contributed by atoms with van der Waals surface area (Å²) in [6.45, 7) is 13.3. The fourth-order valence-electron chi connectivity index (χ4n) is 1.62. The summed E-state index contributed by atoms with van der Waals surface area (Å²) in [5.41, 5.74) is 1.10. The van der Waals surface area contributed by atoms with Crippen LogP contribution in [0, 0.1) is 0 Å². The Labute approximate surface area is 92.8 Å². The highest BCUT2D eigenvalue weighted by atomic mass is 16.5. The molecule has 0 bridgehead atoms. The lowest BCUT2D eigenvalue weighted by atomic mass is 10.1. The van der Waals surface area contributed by atoms with Crippen LogP contribution in [-0.2, 0) is 9.47 Å². The quantitative estimate of drug-likeness (QED) is 0.557. The van der Waals surface area contributed by atoms with E-state index >= 15 is 0 Å². The summed E-state index contributed by atoms with van der Waals surface area (Å²) in [5, 5.41) is 3.35. The van der Waals surface area contributed by atoms with Crippen molar-refractivity contribution < 1.29 is 9.47 Å². The molecule has 0 aromatic rings. The van der Waals surface area contributed by atoms with Gasteiger partial charge in [-0.15, -0.1) is 6.58 Å². The predicted octanol–water partition coefficient (Wildman–Crippen LogP) is 1.74. The molecule has 1 saturated heterocycles. The van der Waals surface area contributed by atoms with Gasteiger partial charge in [0.1, 0.15) is 0 Å². The summed E-state index contributed by atoms with van der Waals surface area (Å²) < 4.78 is 11.4. The Morgan fingerprint density at radius 2 is 2.33 bits per heavy atom. The molecular weight excluding hydrogens is 190 g/mol. The zero-order chi connectivity index (χ0) is 11.3. The van der Waals surface area contributed by atoms with Crippen molar-refractivity contribution in [3.8, 4) is 0 Å². The number of nitrogens with one attached hydrogen (secondary N) is 1. The second-order valence-corrected chi connectivity index (χ2v) is 4.91. The fraction of sp³-hybridized carbons (Fsp3) is 0.833. The maximum atomic E-state index is 5.87. The Balaban J connectivity index is 2.13. The van der Waals surface area contributed by atoms with E-state index in [1.807, 2.05) is 6.92 Å². The highest BCUT2D eigenvalue weighted by Gasteiger charge is 2.28. The molecule has 1 unspecified atom stereocenters. The zero-order valence-electron chi connectivity index (χ0n) is 10.1. The molecule has 1 atom stereocenters. The first-order valence-electron chi connectivity index (χ1n) is 5.60. The van der Waals surface area contributed by atoms with Crippen molar-refractivity contribution in [2.24, 2.45) is 0 Å². The number of morpholine rings is 1. The first-order chi connectivity index (χ1) is 6.99. The van der Waals surface area contributed by atoms with Gasteiger partial charge in [0.25, 0.3) is 0 Å². The van der Waals surface area contributed by atoms with Gasteiger partial charge in [-0.25, -0.2) is 0 Å². The Kier molecular flexibility index (Phi) is 4.77. The van der Waals surface area contributed by atoms with E-state index < -0.39 is 0 Å². The van der Waals surface area contributed by atoms with Crippen LogP contribution in [0.5, 0.6) is 0 Å². The second-order valence-electron chi connectivity index (χ2n) is 4.91. The molecule has 1 N–H and O–H groups in total. The maximum Gasteiger partial charge on any atom is 0.0940 e. The van der Waals surface area contributed by atoms with Crippen LogP contribution in [0.3, 0.4) is 0 Å². The summed E-state index contributed by atoms with van der Waals surface area (Å²) in [7, 11) is 0. The molecule has 88 valence electrons. The molecule has 3 nitrogen and oxygen atoms in total. The van der Waals surface area contributed by atoms with Crippen LogP contribution in [0.2, 0.25) is 0 Å². The third-order valence-electron chi connectivity index (χ3n) is 2.39. The van der Waals surface area contributed by atoms with Crippen LogP contribution in [0.15, 0.2) is 12.2 Å². The van der Waals surface area contributed by atoms with Gasteiger partial charge >= 0.3 is 0 Å². The Morgan fingerprint density at radius 3 is 2.93 bits per heavy atom. The number of rotatable bonds is 5. The van der Waals surface area contributed by atoms with Gasteiger partial charge < -0.3 is 14.8 Å². The molecule has 0 aromatic heterocycles. The van der Waals surface area contributed by atoms with E-state index in [9.17, 15) is 0 Å². The van der Waals surface area contributed by atoms with E-state index in [0.717, 1.165) is 31.7 Å². The molecule has 15 heavy (non-hydrogen) atoms. The fourth-order valence-corrected chi connectivity index (χ4v) is 1.62. The molecule has 0 saturated carbocycles. The summed E-state index contributed by atoms with van der Waals surface area (Å²) >= 11 is 0. The van der Waals surface area contributed by atoms with Gasteiger partial charge in [-0.2, -0.15) is 0 Å². The van der Waals surface area contributed by atoms with E-state index in [1.54, 1.807) is 0 Å². The Hall–Kier alpha value is -0.380. The zero-order valence-corrected chi connectivity index (χ0v) is 10.1. The van der Waals surface area contributed by atoms with Gasteiger partial charge in [0.05, 0.1) is 24.9 Å². The van der Waals surface area contributed by atoms with Crippen molar-refractivity contribution in [3.63, 3.8) is 0 Å². The smallest absolute Gasteiger partial charge is 0.0940 e. The van der Waals surface area contributed by atoms with Crippen molar-refractivity contribution in [2.75, 3.05) is 26.3 Å². The summed E-state index contributed by atoms with van der Waals surface area (Å²) in [4.78, 5) is 0. The van der Waals surface area contributed by atoms with E-state index in [2.05, 4.69) is 25.7 Å². The highest BCUT2D eigenvalue weighted by Crippen LogP contribution is 2.15. The third-order valence-corrected chi connectivity index (χ3v) is 2.39. The predicted molar refractivity (Wildman–Crippen MR) is 62.1 cm³/mol. The van der Waals surface area contributed by atoms with E-state index in [1.165, 1.54) is 0 Å². The average molecular weight is 213 g/mol. The first kappa shape index (κ1) is 12.7. The summed E-state index contributed by atoms with van der Waals surface area (Å²) in [6.07, 6.45) is 1.11. The Morgan fingerprint density at radius 1 is 1.60 bits per heavy atom. The maximum absolute atomic E-state index is 5.87. The molecule has 1 fully saturated rings. The number of hydrogen-bond acceptors (Lipinski definition) is 3. The highest BCUT2D eigenvalue weighted by molar-refractivity contribution is 4.87. The van der Waals surface area contributed by atoms with Gasteiger partial charge in [-0.3, -0.25) is 0 Å². The monoisotopic (exact) mass is 213 g/mol. The van der Waals surface area contributed by atoms with Gasteiger partial charge in [0.15, 0.2) is 0 Å². The van der Waals surface area contributed by atoms with Crippen molar-refractivity contribution >= 4 is 0 Å². The van der Waals surface area contributed by atoms with Gasteiger partial charge in [0, 0.05) is 13.1 Å². The lowest BCUT2D eigenvalue weighted by Crippen LogP contribution is -2.51. The second kappa shape index (κ2) is 5.64. The molecular formula is C12H23NO2. The SMILES string of the molecule is C=C(C)CCOCC1CNCC(C)(C)O1. The molecule has 0 spiro atoms. The minimum absolute atomic E-state index is 0.0688. The van der Waals surface area contributed by atoms with Crippen molar-refractivity contribution in [2.45, 2.75) is 38.9 Å². The van der Waals surface area contributed by atoms with Crippen LogP contribution in [0.4, 0.5) is 0 Å². The molecule has 3 heteroatoms. The summed E-state index contributed by atoms with van der Waals surface area (Å²) in [5.74, 6) is 0. The minimum atomic E-state index is -0.0688. The van der Waals surface area contributed by atoms with Crippen LogP contribution in [-0.4, -0.2) is 38.0 Å². The molecule has 0 radical (unpaired) electrons. The molecule has 1 aliphatic heterocycles. The van der Waals surface area contributed by atoms with Crippen LogP contribution in [0.1, 0.15) is 27.2 Å². The average Bonchev–Trinajstić information content (AvgIpc) is 2.10. The van der Waals surface area contributed by atoms with Gasteiger partial charge in [-0.05, 0) is 27.2 Å². The third kappa shape index (κ3) is 5.30. The summed E-state index contributed by atoms with van der Waals surface area (Å²) in [6, 6.07) is 0. The van der Waals surface area contributed by atoms with Crippen molar-refractivity contribution in [1.82, 2.24) is 5.32 Å². The molecule has 0 amide bonds. The standard InChI is InChI=1S/C12H23NO2/c1-10(2)5-6-14-8-11-7-13-9-12(3,4)15-11/h11,13H,1,5-9H2,2-4H3. The van der Waals surface area contributed by atoms with E-state index in [4.69, 9.17) is 9.47 Å². The van der Waals surface area contributed by atoms with Crippen molar-refractivity contribution in [1.29, 1.82) is 0 Å². The lowest BCUT2D eigenvalue weighted by molar-refractivity contribution is -0.119. The number of hydrogen-bond donors (Lipinski definition) is 1. The van der Waals surface area contributed by atoms with E-state index in [-0.39, 0.29) is 11.7 Å². The van der Waals surface area contributed by atoms with Gasteiger partial charge in [-0.1, -0.05) is 5.57 Å². The molecule has 1 aliphatic rings. The van der Waals surface area contributed by atoms with Gasteiger partial charge in [0.2, 0.25) is 0 Å². The normalized spacial score (nSPS) is 25.1. The molecule has 1 heterocycles. The lowest BCUT2D eigenvalue weighted by Gasteiger charge is -2.36. The van der Waals surface area contributed by atoms with Crippen LogP contribution >= 0.6 is 0 Å². The molecule has 0 aromatic carbocycles. The Bertz CT molecular complexity index is 214. The van der Waals surface area contributed by atoms with Crippen LogP contribution < -0.4 is 5.32 Å². The van der Waals surface area contributed by atoms with Crippen LogP contribution in [0.25, 0.3) is 0 Å². The first-order valence-corrected chi connectivity index (χ1v) is 5.60. The van der Waals surface area contributed by atoms with Crippen molar-refractivity contribution in [3.05, 3.63) is 12.2 Å². The molecule has 1 rings (SSSR count). The number of ether oxygens (including phenoxy) is 2. The minimum Gasteiger partial charge on any atom is -0.378 e. The largest absolute Gasteiger partial charge is 0.378 e. The molecule has 0 aliphatic carbocycles. The topological polar surface area (TPSA) is 30.5 Å². The van der Waals surface area contributed by atoms with E-state index in [0.29, 0.717) is 6.61 Å².